The lowest BCUT2D eigenvalue weighted by molar-refractivity contribution is -0.137. The first-order chi connectivity index (χ1) is 15.2. The molecule has 0 aromatic heterocycles. The van der Waals surface area contributed by atoms with Gasteiger partial charge in [0.25, 0.3) is 5.91 Å². The Labute approximate surface area is 183 Å². The Balaban J connectivity index is 1.54. The fourth-order valence-electron chi connectivity index (χ4n) is 4.26. The molecule has 4 rings (SSSR count). The van der Waals surface area contributed by atoms with Gasteiger partial charge in [0.15, 0.2) is 0 Å². The normalized spacial score (nSPS) is 21.0. The largest absolute Gasteiger partial charge is 0.416 e. The SMILES string of the molecule is Cc1c(C(=O)NC2(Cc3ccc(C(F)(F)F)cc3)CCOC2)cccc1N1CCNC1=O. The summed E-state index contributed by atoms with van der Waals surface area (Å²) in [4.78, 5) is 26.9. The molecule has 1 unspecified atom stereocenters. The summed E-state index contributed by atoms with van der Waals surface area (Å²) in [6.45, 7) is 3.59. The zero-order valence-electron chi connectivity index (χ0n) is 17.6. The van der Waals surface area contributed by atoms with Crippen molar-refractivity contribution in [1.82, 2.24) is 10.6 Å². The second kappa shape index (κ2) is 8.46. The zero-order valence-corrected chi connectivity index (χ0v) is 17.6. The quantitative estimate of drug-likeness (QED) is 0.735. The lowest BCUT2D eigenvalue weighted by Crippen LogP contribution is -2.51. The van der Waals surface area contributed by atoms with Crippen LogP contribution in [0.4, 0.5) is 23.7 Å². The van der Waals surface area contributed by atoms with Crippen LogP contribution in [0.2, 0.25) is 0 Å². The standard InChI is InChI=1S/C23H24F3N3O3/c1-15-18(3-2-4-19(15)29-11-10-27-21(29)31)20(30)28-22(9-12-32-14-22)13-16-5-7-17(8-6-16)23(24,25)26/h2-8H,9-14H2,1H3,(H,27,31)(H,28,30). The minimum Gasteiger partial charge on any atom is -0.379 e. The maximum absolute atomic E-state index is 13.2. The van der Waals surface area contributed by atoms with E-state index in [0.29, 0.717) is 54.9 Å². The number of amides is 3. The second-order valence-electron chi connectivity index (χ2n) is 8.24. The summed E-state index contributed by atoms with van der Waals surface area (Å²) in [5, 5.41) is 5.82. The number of nitrogens with zero attached hydrogens (tertiary/aromatic N) is 1. The molecule has 2 aliphatic rings. The van der Waals surface area contributed by atoms with Crippen LogP contribution in [0.1, 0.15) is 33.5 Å². The molecule has 0 radical (unpaired) electrons. The van der Waals surface area contributed by atoms with Crippen LogP contribution in [-0.2, 0) is 17.3 Å². The van der Waals surface area contributed by atoms with Gasteiger partial charge in [-0.1, -0.05) is 18.2 Å². The smallest absolute Gasteiger partial charge is 0.379 e. The molecule has 0 spiro atoms. The van der Waals surface area contributed by atoms with E-state index in [2.05, 4.69) is 10.6 Å². The van der Waals surface area contributed by atoms with E-state index in [0.717, 1.165) is 12.1 Å². The summed E-state index contributed by atoms with van der Waals surface area (Å²) in [5.74, 6) is -0.304. The molecule has 2 aromatic carbocycles. The van der Waals surface area contributed by atoms with Gasteiger partial charge in [-0.25, -0.2) is 4.79 Å². The average molecular weight is 447 g/mol. The first-order valence-electron chi connectivity index (χ1n) is 10.4. The molecule has 2 N–H and O–H groups in total. The molecule has 2 fully saturated rings. The second-order valence-corrected chi connectivity index (χ2v) is 8.24. The van der Waals surface area contributed by atoms with E-state index in [1.54, 1.807) is 30.0 Å². The van der Waals surface area contributed by atoms with E-state index >= 15 is 0 Å². The molecule has 0 bridgehead atoms. The van der Waals surface area contributed by atoms with Crippen molar-refractivity contribution in [3.05, 3.63) is 64.7 Å². The molecule has 2 saturated heterocycles. The summed E-state index contributed by atoms with van der Waals surface area (Å²) in [5.41, 5.74) is 1.06. The summed E-state index contributed by atoms with van der Waals surface area (Å²) in [6, 6.07) is 10.0. The van der Waals surface area contributed by atoms with Gasteiger partial charge in [-0.2, -0.15) is 13.2 Å². The van der Waals surface area contributed by atoms with Gasteiger partial charge in [0.2, 0.25) is 0 Å². The number of nitrogens with one attached hydrogen (secondary N) is 2. The zero-order chi connectivity index (χ0) is 22.9. The maximum Gasteiger partial charge on any atom is 0.416 e. The molecule has 2 heterocycles. The highest BCUT2D eigenvalue weighted by atomic mass is 19.4. The van der Waals surface area contributed by atoms with Gasteiger partial charge in [-0.3, -0.25) is 9.69 Å². The minimum atomic E-state index is -4.39. The fraction of sp³-hybridized carbons (Fsp3) is 0.391. The molecule has 32 heavy (non-hydrogen) atoms. The highest BCUT2D eigenvalue weighted by Crippen LogP contribution is 2.31. The third-order valence-electron chi connectivity index (χ3n) is 6.00. The maximum atomic E-state index is 13.2. The van der Waals surface area contributed by atoms with Crippen LogP contribution in [0.15, 0.2) is 42.5 Å². The Morgan fingerprint density at radius 3 is 2.56 bits per heavy atom. The van der Waals surface area contributed by atoms with Gasteiger partial charge < -0.3 is 15.4 Å². The first-order valence-corrected chi connectivity index (χ1v) is 10.4. The Morgan fingerprint density at radius 1 is 1.22 bits per heavy atom. The number of halogens is 3. The molecule has 2 aromatic rings. The number of alkyl halides is 3. The number of anilines is 1. The Morgan fingerprint density at radius 2 is 1.97 bits per heavy atom. The van der Waals surface area contributed by atoms with Crippen LogP contribution >= 0.6 is 0 Å². The number of rotatable bonds is 5. The summed E-state index contributed by atoms with van der Waals surface area (Å²) in [6.07, 6.45) is -3.49. The molecular weight excluding hydrogens is 423 g/mol. The Bertz CT molecular complexity index is 1020. The lowest BCUT2D eigenvalue weighted by atomic mass is 9.89. The number of hydrogen-bond acceptors (Lipinski definition) is 3. The van der Waals surface area contributed by atoms with Crippen molar-refractivity contribution in [2.24, 2.45) is 0 Å². The highest BCUT2D eigenvalue weighted by molar-refractivity contribution is 6.00. The average Bonchev–Trinajstić information content (AvgIpc) is 3.37. The molecule has 0 aliphatic carbocycles. The number of urea groups is 1. The third kappa shape index (κ3) is 4.43. The summed E-state index contributed by atoms with van der Waals surface area (Å²) < 4.78 is 44.1. The van der Waals surface area contributed by atoms with Crippen molar-refractivity contribution in [3.8, 4) is 0 Å². The van der Waals surface area contributed by atoms with E-state index in [9.17, 15) is 22.8 Å². The van der Waals surface area contributed by atoms with Gasteiger partial charge in [0, 0.05) is 30.9 Å². The topological polar surface area (TPSA) is 70.7 Å². The Hall–Kier alpha value is -3.07. The minimum absolute atomic E-state index is 0.200. The van der Waals surface area contributed by atoms with Gasteiger partial charge in [0.1, 0.15) is 0 Å². The number of carbonyl (C=O) groups is 2. The van der Waals surface area contributed by atoms with Gasteiger partial charge in [-0.15, -0.1) is 0 Å². The van der Waals surface area contributed by atoms with Crippen LogP contribution in [0.5, 0.6) is 0 Å². The van der Waals surface area contributed by atoms with Gasteiger partial charge >= 0.3 is 12.2 Å². The molecule has 2 aliphatic heterocycles. The van der Waals surface area contributed by atoms with Crippen molar-refractivity contribution in [2.45, 2.75) is 31.5 Å². The molecule has 0 saturated carbocycles. The number of hydrogen-bond donors (Lipinski definition) is 2. The van der Waals surface area contributed by atoms with Crippen molar-refractivity contribution in [2.75, 3.05) is 31.2 Å². The third-order valence-corrected chi connectivity index (χ3v) is 6.00. The monoisotopic (exact) mass is 447 g/mol. The van der Waals surface area contributed by atoms with Gasteiger partial charge in [-0.05, 0) is 55.2 Å². The molecule has 3 amide bonds. The van der Waals surface area contributed by atoms with E-state index < -0.39 is 17.3 Å². The van der Waals surface area contributed by atoms with Crippen LogP contribution in [0.3, 0.4) is 0 Å². The summed E-state index contributed by atoms with van der Waals surface area (Å²) >= 11 is 0. The summed E-state index contributed by atoms with van der Waals surface area (Å²) in [7, 11) is 0. The van der Waals surface area contributed by atoms with Crippen LogP contribution in [0.25, 0.3) is 0 Å². The van der Waals surface area contributed by atoms with Gasteiger partial charge in [0.05, 0.1) is 17.7 Å². The van der Waals surface area contributed by atoms with Crippen molar-refractivity contribution < 1.29 is 27.5 Å². The predicted molar refractivity (Wildman–Crippen MR) is 113 cm³/mol. The molecule has 170 valence electrons. The molecular formula is C23H24F3N3O3. The van der Waals surface area contributed by atoms with E-state index in [1.165, 1.54) is 12.1 Å². The number of benzene rings is 2. The van der Waals surface area contributed by atoms with E-state index in [4.69, 9.17) is 4.74 Å². The lowest BCUT2D eigenvalue weighted by Gasteiger charge is -2.30. The fourth-order valence-corrected chi connectivity index (χ4v) is 4.26. The van der Waals surface area contributed by atoms with Crippen molar-refractivity contribution in [1.29, 1.82) is 0 Å². The van der Waals surface area contributed by atoms with E-state index in [-0.39, 0.29) is 18.5 Å². The predicted octanol–water partition coefficient (Wildman–Crippen LogP) is 3.68. The van der Waals surface area contributed by atoms with E-state index in [1.807, 2.05) is 0 Å². The molecule has 1 atom stereocenters. The van der Waals surface area contributed by atoms with Crippen LogP contribution in [0, 0.1) is 6.92 Å². The first kappa shape index (κ1) is 22.1. The van der Waals surface area contributed by atoms with Crippen molar-refractivity contribution in [3.63, 3.8) is 0 Å². The number of ether oxygens (including phenoxy) is 1. The number of carbonyl (C=O) groups excluding carboxylic acids is 2. The highest BCUT2D eigenvalue weighted by Gasteiger charge is 2.38. The van der Waals surface area contributed by atoms with Crippen LogP contribution < -0.4 is 15.5 Å². The van der Waals surface area contributed by atoms with Crippen molar-refractivity contribution >= 4 is 17.6 Å². The Kier molecular flexibility index (Phi) is 5.85. The van der Waals surface area contributed by atoms with Crippen LogP contribution in [-0.4, -0.2) is 43.8 Å². The molecule has 9 heteroatoms. The molecule has 6 nitrogen and oxygen atoms in total.